The predicted molar refractivity (Wildman–Crippen MR) is 170 cm³/mol. The van der Waals surface area contributed by atoms with E-state index in [1.54, 1.807) is 13.0 Å². The summed E-state index contributed by atoms with van der Waals surface area (Å²) >= 11 is 0. The van der Waals surface area contributed by atoms with Crippen LogP contribution < -0.4 is 0 Å². The van der Waals surface area contributed by atoms with Crippen molar-refractivity contribution < 1.29 is 50.0 Å². The zero-order chi connectivity index (χ0) is 34.2. The van der Waals surface area contributed by atoms with Crippen molar-refractivity contribution in [1.82, 2.24) is 0 Å². The number of carboxylic acid groups (broad SMARTS) is 1. The Morgan fingerprint density at radius 3 is 2.22 bits per heavy atom. The highest BCUT2D eigenvalue weighted by molar-refractivity contribution is 5.85. The Balaban J connectivity index is 1.36. The van der Waals surface area contributed by atoms with Crippen LogP contribution in [0.5, 0.6) is 0 Å². The van der Waals surface area contributed by atoms with Crippen LogP contribution in [0.4, 0.5) is 0 Å². The van der Waals surface area contributed by atoms with Crippen LogP contribution in [0, 0.1) is 45.3 Å². The van der Waals surface area contributed by atoms with Crippen molar-refractivity contribution in [2.24, 2.45) is 45.3 Å². The lowest BCUT2D eigenvalue weighted by molar-refractivity contribution is -0.332. The van der Waals surface area contributed by atoms with Gasteiger partial charge in [-0.1, -0.05) is 40.7 Å². The van der Waals surface area contributed by atoms with Gasteiger partial charge in [0.2, 0.25) is 0 Å². The summed E-state index contributed by atoms with van der Waals surface area (Å²) in [5.74, 6) is -0.553. The van der Waals surface area contributed by atoms with Gasteiger partial charge in [-0.05, 0) is 117 Å². The van der Waals surface area contributed by atoms with Crippen molar-refractivity contribution in [3.05, 3.63) is 11.6 Å². The summed E-state index contributed by atoms with van der Waals surface area (Å²) in [6, 6.07) is 0. The molecule has 10 heteroatoms. The Labute approximate surface area is 274 Å². The first kappa shape index (κ1) is 36.2. The molecule has 10 nitrogen and oxygen atoms in total. The van der Waals surface area contributed by atoms with Gasteiger partial charge in [-0.25, -0.2) is 4.79 Å². The molecule has 46 heavy (non-hydrogen) atoms. The molecule has 5 fully saturated rings. The average Bonchev–Trinajstić information content (AvgIpc) is 3.36. The van der Waals surface area contributed by atoms with E-state index in [0.717, 1.165) is 32.1 Å². The molecule has 264 valence electrons. The number of fused-ring (bicyclic) bond motifs is 5. The largest absolute Gasteiger partial charge is 0.478 e. The third kappa shape index (κ3) is 5.51. The fraction of sp³-hybridized carbons (Fsp3) is 0.917. The van der Waals surface area contributed by atoms with E-state index in [0.29, 0.717) is 25.7 Å². The summed E-state index contributed by atoms with van der Waals surface area (Å²) < 4.78 is 12.2. The first-order chi connectivity index (χ1) is 21.3. The standard InChI is InChI=1S/C36H60O10/c1-19(30(42)43)9-8-13-36(7,44)20-10-15-35(6)26(20)21(38)17-24-33(4)14-12-25(32(2,3)23(33)11-16-34(24,35)5)46-31-29(41)28(40)27(39)22(18-37)45-31/h9,20-29,31,37-41,44H,8,10-18H2,1-7H3,(H,42,43)/b19-9-/t20-,21+,22+,23-,24+,25-,26-,27+,28-,29+,31-,33-,34+,35+,36-/m0/s1. The van der Waals surface area contributed by atoms with Crippen molar-refractivity contribution in [1.29, 1.82) is 0 Å². The van der Waals surface area contributed by atoms with Crippen LogP contribution in [0.25, 0.3) is 0 Å². The molecule has 15 atom stereocenters. The van der Waals surface area contributed by atoms with Gasteiger partial charge in [0.1, 0.15) is 24.4 Å². The van der Waals surface area contributed by atoms with Gasteiger partial charge in [0, 0.05) is 5.57 Å². The lowest BCUT2D eigenvalue weighted by Crippen LogP contribution is -2.67. The maximum Gasteiger partial charge on any atom is 0.330 e. The number of aliphatic carboxylic acids is 1. The molecule has 5 rings (SSSR count). The highest BCUT2D eigenvalue weighted by Gasteiger charge is 2.71. The van der Waals surface area contributed by atoms with Gasteiger partial charge in [0.15, 0.2) is 6.29 Å². The molecule has 0 radical (unpaired) electrons. The molecule has 4 aliphatic carbocycles. The second kappa shape index (κ2) is 12.3. The monoisotopic (exact) mass is 652 g/mol. The number of rotatable bonds is 8. The molecule has 1 aliphatic heterocycles. The van der Waals surface area contributed by atoms with Gasteiger partial charge in [-0.2, -0.15) is 0 Å². The van der Waals surface area contributed by atoms with E-state index < -0.39 is 55.0 Å². The van der Waals surface area contributed by atoms with Crippen molar-refractivity contribution >= 4 is 5.97 Å². The third-order valence-corrected chi connectivity index (χ3v) is 14.7. The van der Waals surface area contributed by atoms with Crippen molar-refractivity contribution in [2.45, 2.75) is 155 Å². The van der Waals surface area contributed by atoms with E-state index in [1.165, 1.54) is 0 Å². The fourth-order valence-corrected chi connectivity index (χ4v) is 11.9. The average molecular weight is 653 g/mol. The SMILES string of the molecule is C/C(=C/CC[C@](C)(O)[C@H]1CC[C@]2(C)[C@@H]1[C@H](O)C[C@@H]1[C@@]3(C)CC[C@H](O[C@@H]4O[C@H](CO)[C@@H](O)[C@H](O)[C@H]4O)C(C)(C)[C@@H]3CC[C@]12C)C(=O)O. The molecular formula is C36H60O10. The number of allylic oxidation sites excluding steroid dienone is 1. The molecule has 0 unspecified atom stereocenters. The highest BCUT2D eigenvalue weighted by atomic mass is 16.7. The summed E-state index contributed by atoms with van der Waals surface area (Å²) in [4.78, 5) is 11.3. The minimum Gasteiger partial charge on any atom is -0.478 e. The lowest BCUT2D eigenvalue weighted by atomic mass is 9.35. The summed E-state index contributed by atoms with van der Waals surface area (Å²) in [6.45, 7) is 14.5. The normalized spacial score (nSPS) is 50.2. The molecule has 1 saturated heterocycles. The summed E-state index contributed by atoms with van der Waals surface area (Å²) in [6.07, 6.45) is 1.20. The number of carboxylic acids is 1. The molecule has 0 bridgehead atoms. The number of carbonyl (C=O) groups is 1. The number of aliphatic hydroxyl groups is 6. The highest BCUT2D eigenvalue weighted by Crippen LogP contribution is 2.76. The van der Waals surface area contributed by atoms with E-state index in [1.807, 2.05) is 6.92 Å². The minimum atomic E-state index is -1.48. The first-order valence-corrected chi connectivity index (χ1v) is 17.5. The third-order valence-electron chi connectivity index (χ3n) is 14.7. The van der Waals surface area contributed by atoms with Crippen LogP contribution in [0.3, 0.4) is 0 Å². The van der Waals surface area contributed by atoms with E-state index in [9.17, 15) is 40.5 Å². The Hall–Kier alpha value is -1.11. The maximum atomic E-state index is 12.0. The van der Waals surface area contributed by atoms with Crippen molar-refractivity contribution in [3.8, 4) is 0 Å². The van der Waals surface area contributed by atoms with Crippen LogP contribution in [-0.2, 0) is 14.3 Å². The summed E-state index contributed by atoms with van der Waals surface area (Å²) in [5, 5.41) is 74.0. The van der Waals surface area contributed by atoms with Crippen LogP contribution >= 0.6 is 0 Å². The van der Waals surface area contributed by atoms with Crippen LogP contribution in [0.15, 0.2) is 11.6 Å². The number of aliphatic hydroxyl groups excluding tert-OH is 5. The Morgan fingerprint density at radius 1 is 0.935 bits per heavy atom. The molecule has 4 saturated carbocycles. The molecule has 0 aromatic carbocycles. The van der Waals surface area contributed by atoms with Crippen LogP contribution in [0.2, 0.25) is 0 Å². The zero-order valence-electron chi connectivity index (χ0n) is 28.9. The van der Waals surface area contributed by atoms with Gasteiger partial charge in [0.05, 0.1) is 24.4 Å². The van der Waals surface area contributed by atoms with E-state index in [-0.39, 0.29) is 57.0 Å². The molecule has 0 amide bonds. The van der Waals surface area contributed by atoms with Gasteiger partial charge in [0.25, 0.3) is 0 Å². The Morgan fingerprint density at radius 2 is 1.59 bits per heavy atom. The van der Waals surface area contributed by atoms with E-state index >= 15 is 0 Å². The molecule has 0 aromatic rings. The number of hydrogen-bond acceptors (Lipinski definition) is 9. The van der Waals surface area contributed by atoms with Crippen LogP contribution in [-0.4, -0.2) is 96.8 Å². The van der Waals surface area contributed by atoms with E-state index in [2.05, 4.69) is 34.6 Å². The second-order valence-corrected chi connectivity index (χ2v) is 17.2. The quantitative estimate of drug-likeness (QED) is 0.152. The van der Waals surface area contributed by atoms with Crippen molar-refractivity contribution in [3.63, 3.8) is 0 Å². The molecule has 0 spiro atoms. The molecule has 0 aromatic heterocycles. The van der Waals surface area contributed by atoms with Gasteiger partial charge >= 0.3 is 5.97 Å². The van der Waals surface area contributed by atoms with Crippen LogP contribution in [0.1, 0.15) is 106 Å². The molecular weight excluding hydrogens is 592 g/mol. The molecule has 5 aliphatic rings. The summed E-state index contributed by atoms with van der Waals surface area (Å²) in [5.41, 5.74) is -1.36. The summed E-state index contributed by atoms with van der Waals surface area (Å²) in [7, 11) is 0. The predicted octanol–water partition coefficient (Wildman–Crippen LogP) is 3.39. The van der Waals surface area contributed by atoms with E-state index in [4.69, 9.17) is 9.47 Å². The smallest absolute Gasteiger partial charge is 0.330 e. The Kier molecular flexibility index (Phi) is 9.70. The zero-order valence-corrected chi connectivity index (χ0v) is 28.9. The van der Waals surface area contributed by atoms with Crippen molar-refractivity contribution in [2.75, 3.05) is 6.61 Å². The van der Waals surface area contributed by atoms with Gasteiger partial charge in [-0.15, -0.1) is 0 Å². The first-order valence-electron chi connectivity index (χ1n) is 17.5. The molecule has 7 N–H and O–H groups in total. The maximum absolute atomic E-state index is 12.0. The lowest BCUT2D eigenvalue weighted by Gasteiger charge is -2.70. The second-order valence-electron chi connectivity index (χ2n) is 17.2. The fourth-order valence-electron chi connectivity index (χ4n) is 11.9. The Bertz CT molecular complexity index is 1170. The van der Waals surface area contributed by atoms with Gasteiger partial charge in [-0.3, -0.25) is 0 Å². The minimum absolute atomic E-state index is 0.0478. The van der Waals surface area contributed by atoms with Gasteiger partial charge < -0.3 is 45.2 Å². The number of hydrogen-bond donors (Lipinski definition) is 7. The topological polar surface area (TPSA) is 177 Å². The number of ether oxygens (including phenoxy) is 2. The molecule has 1 heterocycles.